The number of phenols is 1. The van der Waals surface area contributed by atoms with Gasteiger partial charge in [-0.3, -0.25) is 0 Å². The maximum atomic E-state index is 9.57. The first-order valence-electron chi connectivity index (χ1n) is 5.91. The summed E-state index contributed by atoms with van der Waals surface area (Å²) in [6.07, 6.45) is 2.05. The molecule has 2 N–H and O–H groups in total. The summed E-state index contributed by atoms with van der Waals surface area (Å²) in [6, 6.07) is 7.51. The van der Waals surface area contributed by atoms with Crippen molar-refractivity contribution >= 4 is 0 Å². The van der Waals surface area contributed by atoms with Gasteiger partial charge < -0.3 is 15.2 Å². The quantitative estimate of drug-likeness (QED) is 0.741. The monoisotopic (exact) mass is 221 g/mol. The van der Waals surface area contributed by atoms with E-state index in [0.717, 1.165) is 38.3 Å². The topological polar surface area (TPSA) is 41.5 Å². The Labute approximate surface area is 96.4 Å². The lowest BCUT2D eigenvalue weighted by molar-refractivity contribution is 0.185. The molecule has 0 saturated carbocycles. The Bertz CT molecular complexity index is 321. The van der Waals surface area contributed by atoms with Gasteiger partial charge in [0, 0.05) is 13.2 Å². The van der Waals surface area contributed by atoms with Crippen molar-refractivity contribution in [3.05, 3.63) is 29.8 Å². The van der Waals surface area contributed by atoms with Gasteiger partial charge in [0.25, 0.3) is 0 Å². The van der Waals surface area contributed by atoms with E-state index in [9.17, 15) is 5.11 Å². The van der Waals surface area contributed by atoms with Crippen LogP contribution >= 0.6 is 0 Å². The van der Waals surface area contributed by atoms with Gasteiger partial charge in [0.05, 0.1) is 6.61 Å². The molecular formula is C13H19NO2. The van der Waals surface area contributed by atoms with Crippen LogP contribution in [0.1, 0.15) is 12.0 Å². The Morgan fingerprint density at radius 2 is 2.25 bits per heavy atom. The molecule has 0 aromatic heterocycles. The van der Waals surface area contributed by atoms with E-state index in [4.69, 9.17) is 4.74 Å². The van der Waals surface area contributed by atoms with Crippen LogP contribution in [-0.2, 0) is 11.2 Å². The Kier molecular flexibility index (Phi) is 4.19. The lowest BCUT2D eigenvalue weighted by atomic mass is 10.1. The third kappa shape index (κ3) is 3.22. The van der Waals surface area contributed by atoms with Crippen LogP contribution in [0.25, 0.3) is 0 Å². The summed E-state index contributed by atoms with van der Waals surface area (Å²) in [5.41, 5.74) is 1.01. The molecule has 16 heavy (non-hydrogen) atoms. The van der Waals surface area contributed by atoms with Gasteiger partial charge in [0.1, 0.15) is 5.75 Å². The van der Waals surface area contributed by atoms with E-state index in [1.54, 1.807) is 6.07 Å². The highest BCUT2D eigenvalue weighted by atomic mass is 16.5. The Morgan fingerprint density at radius 3 is 3.00 bits per heavy atom. The summed E-state index contributed by atoms with van der Waals surface area (Å²) in [6.45, 7) is 3.73. The van der Waals surface area contributed by atoms with Crippen LogP contribution in [0, 0.1) is 5.92 Å². The molecule has 88 valence electrons. The largest absolute Gasteiger partial charge is 0.508 e. The molecule has 1 aliphatic heterocycles. The van der Waals surface area contributed by atoms with E-state index in [0.29, 0.717) is 11.7 Å². The maximum Gasteiger partial charge on any atom is 0.118 e. The molecule has 0 spiro atoms. The highest BCUT2D eigenvalue weighted by molar-refractivity contribution is 5.31. The first-order valence-corrected chi connectivity index (χ1v) is 5.91. The van der Waals surface area contributed by atoms with Crippen LogP contribution in [0.5, 0.6) is 5.75 Å². The molecule has 0 radical (unpaired) electrons. The molecule has 1 fully saturated rings. The predicted octanol–water partition coefficient (Wildman–Crippen LogP) is 1.56. The van der Waals surface area contributed by atoms with Crippen LogP contribution in [0.4, 0.5) is 0 Å². The van der Waals surface area contributed by atoms with Crippen LogP contribution in [0.3, 0.4) is 0 Å². The van der Waals surface area contributed by atoms with Crippen molar-refractivity contribution < 1.29 is 9.84 Å². The molecule has 1 unspecified atom stereocenters. The smallest absolute Gasteiger partial charge is 0.118 e. The van der Waals surface area contributed by atoms with E-state index in [-0.39, 0.29) is 0 Å². The molecular weight excluding hydrogens is 202 g/mol. The summed E-state index contributed by atoms with van der Waals surface area (Å²) >= 11 is 0. The van der Waals surface area contributed by atoms with Crippen molar-refractivity contribution in [2.24, 2.45) is 5.92 Å². The lowest BCUT2D eigenvalue weighted by Gasteiger charge is -2.09. The van der Waals surface area contributed by atoms with Crippen molar-refractivity contribution in [1.29, 1.82) is 0 Å². The number of hydrogen-bond acceptors (Lipinski definition) is 3. The molecule has 1 aromatic rings. The van der Waals surface area contributed by atoms with Crippen molar-refractivity contribution in [1.82, 2.24) is 5.32 Å². The zero-order chi connectivity index (χ0) is 11.2. The van der Waals surface area contributed by atoms with Gasteiger partial charge in [-0.1, -0.05) is 18.2 Å². The number of ether oxygens (including phenoxy) is 1. The molecule has 3 nitrogen and oxygen atoms in total. The van der Waals surface area contributed by atoms with Crippen molar-refractivity contribution in [2.45, 2.75) is 12.8 Å². The third-order valence-electron chi connectivity index (χ3n) is 3.02. The minimum absolute atomic E-state index is 0.397. The van der Waals surface area contributed by atoms with Crippen molar-refractivity contribution in [3.8, 4) is 5.75 Å². The fourth-order valence-electron chi connectivity index (χ4n) is 2.00. The maximum absolute atomic E-state index is 9.57. The van der Waals surface area contributed by atoms with Crippen LogP contribution in [-0.4, -0.2) is 31.4 Å². The number of para-hydroxylation sites is 1. The molecule has 0 aliphatic carbocycles. The molecule has 2 rings (SSSR count). The second kappa shape index (κ2) is 5.87. The molecule has 1 aromatic carbocycles. The molecule has 1 aliphatic rings. The van der Waals surface area contributed by atoms with Crippen molar-refractivity contribution in [2.75, 3.05) is 26.3 Å². The summed E-state index contributed by atoms with van der Waals surface area (Å²) in [4.78, 5) is 0. The first kappa shape index (κ1) is 11.4. The summed E-state index contributed by atoms with van der Waals surface area (Å²) in [7, 11) is 0. The molecule has 3 heteroatoms. The van der Waals surface area contributed by atoms with Gasteiger partial charge in [-0.25, -0.2) is 0 Å². The van der Waals surface area contributed by atoms with Gasteiger partial charge in [0.2, 0.25) is 0 Å². The number of nitrogens with one attached hydrogen (secondary N) is 1. The zero-order valence-electron chi connectivity index (χ0n) is 9.48. The summed E-state index contributed by atoms with van der Waals surface area (Å²) in [5.74, 6) is 1.07. The third-order valence-corrected chi connectivity index (χ3v) is 3.02. The number of aromatic hydroxyl groups is 1. The minimum Gasteiger partial charge on any atom is -0.508 e. The Hall–Kier alpha value is -1.06. The fourth-order valence-corrected chi connectivity index (χ4v) is 2.00. The van der Waals surface area contributed by atoms with Crippen LogP contribution in [0.2, 0.25) is 0 Å². The number of phenolic OH excluding ortho intramolecular Hbond substituents is 1. The zero-order valence-corrected chi connectivity index (χ0v) is 9.48. The predicted molar refractivity (Wildman–Crippen MR) is 63.6 cm³/mol. The van der Waals surface area contributed by atoms with Crippen LogP contribution < -0.4 is 5.32 Å². The molecule has 0 bridgehead atoms. The van der Waals surface area contributed by atoms with Gasteiger partial charge in [-0.2, -0.15) is 0 Å². The summed E-state index contributed by atoms with van der Waals surface area (Å²) < 4.78 is 5.31. The highest BCUT2D eigenvalue weighted by Gasteiger charge is 2.14. The van der Waals surface area contributed by atoms with Gasteiger partial charge in [-0.15, -0.1) is 0 Å². The second-order valence-electron chi connectivity index (χ2n) is 4.31. The molecule has 1 saturated heterocycles. The standard InChI is InChI=1S/C13H19NO2/c15-13-4-2-1-3-12(13)5-7-14-9-11-6-8-16-10-11/h1-4,11,14-15H,5-10H2. The SMILES string of the molecule is Oc1ccccc1CCNCC1CCOC1. The van der Waals surface area contributed by atoms with Gasteiger partial charge in [-0.05, 0) is 36.9 Å². The van der Waals surface area contributed by atoms with Gasteiger partial charge >= 0.3 is 0 Å². The van der Waals surface area contributed by atoms with Gasteiger partial charge in [0.15, 0.2) is 0 Å². The Balaban J connectivity index is 1.66. The number of hydrogen-bond donors (Lipinski definition) is 2. The van der Waals surface area contributed by atoms with E-state index in [2.05, 4.69) is 5.32 Å². The van der Waals surface area contributed by atoms with E-state index < -0.39 is 0 Å². The molecule has 1 atom stereocenters. The second-order valence-corrected chi connectivity index (χ2v) is 4.31. The minimum atomic E-state index is 0.397. The average Bonchev–Trinajstić information content (AvgIpc) is 2.79. The van der Waals surface area contributed by atoms with E-state index in [1.165, 1.54) is 6.42 Å². The molecule has 1 heterocycles. The average molecular weight is 221 g/mol. The lowest BCUT2D eigenvalue weighted by Crippen LogP contribution is -2.25. The molecule has 0 amide bonds. The highest BCUT2D eigenvalue weighted by Crippen LogP contribution is 2.15. The van der Waals surface area contributed by atoms with Crippen LogP contribution in [0.15, 0.2) is 24.3 Å². The van der Waals surface area contributed by atoms with E-state index in [1.807, 2.05) is 18.2 Å². The fraction of sp³-hybridized carbons (Fsp3) is 0.538. The number of rotatable bonds is 5. The Morgan fingerprint density at radius 1 is 1.38 bits per heavy atom. The van der Waals surface area contributed by atoms with Crippen molar-refractivity contribution in [3.63, 3.8) is 0 Å². The first-order chi connectivity index (χ1) is 7.86. The summed E-state index contributed by atoms with van der Waals surface area (Å²) in [5, 5.41) is 13.0. The van der Waals surface area contributed by atoms with E-state index >= 15 is 0 Å². The number of benzene rings is 1. The normalized spacial score (nSPS) is 20.1.